The van der Waals surface area contributed by atoms with E-state index in [1.54, 1.807) is 0 Å². The molecule has 0 unspecified atom stereocenters. The molecule has 0 aliphatic carbocycles. The molecule has 1 aromatic rings. The standard InChI is InChI=1S/C17H26O2/c1-4-5-13-19-16-11-9-15(10-12-16)17(18)8-6-7-14(2)3/h9-12,14H,4-8,13H2,1-3H3. The van der Waals surface area contributed by atoms with Gasteiger partial charge in [0.25, 0.3) is 0 Å². The van der Waals surface area contributed by atoms with E-state index in [1.165, 1.54) is 0 Å². The summed E-state index contributed by atoms with van der Waals surface area (Å²) in [6.45, 7) is 7.26. The van der Waals surface area contributed by atoms with Crippen LogP contribution >= 0.6 is 0 Å². The topological polar surface area (TPSA) is 26.3 Å². The highest BCUT2D eigenvalue weighted by molar-refractivity contribution is 5.96. The fourth-order valence-corrected chi connectivity index (χ4v) is 1.89. The summed E-state index contributed by atoms with van der Waals surface area (Å²) in [5.74, 6) is 1.76. The third-order valence-corrected chi connectivity index (χ3v) is 3.13. The van der Waals surface area contributed by atoms with E-state index < -0.39 is 0 Å². The molecule has 0 bridgehead atoms. The molecule has 0 saturated carbocycles. The van der Waals surface area contributed by atoms with Gasteiger partial charge in [-0.25, -0.2) is 0 Å². The van der Waals surface area contributed by atoms with Crippen LogP contribution in [0.15, 0.2) is 24.3 Å². The van der Waals surface area contributed by atoms with Crippen LogP contribution in [-0.4, -0.2) is 12.4 Å². The highest BCUT2D eigenvalue weighted by Gasteiger charge is 2.06. The predicted octanol–water partition coefficient (Wildman–Crippen LogP) is 4.87. The Morgan fingerprint density at radius 3 is 2.42 bits per heavy atom. The molecular weight excluding hydrogens is 236 g/mol. The third-order valence-electron chi connectivity index (χ3n) is 3.13. The van der Waals surface area contributed by atoms with Crippen LogP contribution in [-0.2, 0) is 0 Å². The van der Waals surface area contributed by atoms with Crippen molar-refractivity contribution in [2.24, 2.45) is 5.92 Å². The van der Waals surface area contributed by atoms with Gasteiger partial charge in [-0.2, -0.15) is 0 Å². The van der Waals surface area contributed by atoms with Gasteiger partial charge in [0, 0.05) is 12.0 Å². The zero-order valence-corrected chi connectivity index (χ0v) is 12.4. The van der Waals surface area contributed by atoms with E-state index in [0.717, 1.165) is 43.6 Å². The Kier molecular flexibility index (Phi) is 7.24. The molecule has 0 aromatic heterocycles. The summed E-state index contributed by atoms with van der Waals surface area (Å²) in [7, 11) is 0. The molecule has 106 valence electrons. The van der Waals surface area contributed by atoms with Crippen molar-refractivity contribution in [2.45, 2.75) is 52.9 Å². The Labute approximate surface area is 117 Å². The molecule has 19 heavy (non-hydrogen) atoms. The highest BCUT2D eigenvalue weighted by atomic mass is 16.5. The van der Waals surface area contributed by atoms with E-state index in [-0.39, 0.29) is 5.78 Å². The van der Waals surface area contributed by atoms with Crippen molar-refractivity contribution in [1.82, 2.24) is 0 Å². The monoisotopic (exact) mass is 262 g/mol. The SMILES string of the molecule is CCCCOc1ccc(C(=O)CCCC(C)C)cc1. The number of unbranched alkanes of at least 4 members (excludes halogenated alkanes) is 1. The summed E-state index contributed by atoms with van der Waals surface area (Å²) in [4.78, 5) is 12.0. The first-order valence-electron chi connectivity index (χ1n) is 7.39. The zero-order chi connectivity index (χ0) is 14.1. The number of hydrogen-bond donors (Lipinski definition) is 0. The largest absolute Gasteiger partial charge is 0.494 e. The molecular formula is C17H26O2. The Morgan fingerprint density at radius 2 is 1.84 bits per heavy atom. The van der Waals surface area contributed by atoms with Gasteiger partial charge in [-0.3, -0.25) is 4.79 Å². The van der Waals surface area contributed by atoms with E-state index in [1.807, 2.05) is 24.3 Å². The van der Waals surface area contributed by atoms with Crippen LogP contribution in [0.1, 0.15) is 63.2 Å². The van der Waals surface area contributed by atoms with Crippen molar-refractivity contribution >= 4 is 5.78 Å². The fraction of sp³-hybridized carbons (Fsp3) is 0.588. The number of ether oxygens (including phenoxy) is 1. The zero-order valence-electron chi connectivity index (χ0n) is 12.4. The van der Waals surface area contributed by atoms with Crippen LogP contribution in [0.25, 0.3) is 0 Å². The van der Waals surface area contributed by atoms with Crippen molar-refractivity contribution in [1.29, 1.82) is 0 Å². The molecule has 1 aromatic carbocycles. The van der Waals surface area contributed by atoms with Gasteiger partial charge in [0.1, 0.15) is 5.75 Å². The lowest BCUT2D eigenvalue weighted by molar-refractivity contribution is 0.0978. The van der Waals surface area contributed by atoms with Gasteiger partial charge in [-0.1, -0.05) is 33.6 Å². The lowest BCUT2D eigenvalue weighted by atomic mass is 10.0. The average Bonchev–Trinajstić information content (AvgIpc) is 2.39. The van der Waals surface area contributed by atoms with Gasteiger partial charge in [0.2, 0.25) is 0 Å². The summed E-state index contributed by atoms with van der Waals surface area (Å²) in [5, 5.41) is 0. The summed E-state index contributed by atoms with van der Waals surface area (Å²) in [5.41, 5.74) is 0.798. The Morgan fingerprint density at radius 1 is 1.16 bits per heavy atom. The molecule has 0 saturated heterocycles. The molecule has 0 radical (unpaired) electrons. The van der Waals surface area contributed by atoms with Gasteiger partial charge in [-0.05, 0) is 43.0 Å². The summed E-state index contributed by atoms with van der Waals surface area (Å²) >= 11 is 0. The number of hydrogen-bond acceptors (Lipinski definition) is 2. The predicted molar refractivity (Wildman–Crippen MR) is 79.9 cm³/mol. The normalized spacial score (nSPS) is 10.7. The molecule has 1 rings (SSSR count). The van der Waals surface area contributed by atoms with Gasteiger partial charge in [0.05, 0.1) is 6.61 Å². The maximum absolute atomic E-state index is 12.0. The minimum atomic E-state index is 0.237. The van der Waals surface area contributed by atoms with Gasteiger partial charge < -0.3 is 4.74 Å². The molecule has 2 heteroatoms. The van der Waals surface area contributed by atoms with Gasteiger partial charge in [0.15, 0.2) is 5.78 Å². The smallest absolute Gasteiger partial charge is 0.162 e. The molecule has 0 spiro atoms. The van der Waals surface area contributed by atoms with Crippen LogP contribution in [0.5, 0.6) is 5.75 Å². The number of Topliss-reactive ketones (excluding diaryl/α,β-unsaturated/α-hetero) is 1. The van der Waals surface area contributed by atoms with Crippen LogP contribution in [0.3, 0.4) is 0 Å². The lowest BCUT2D eigenvalue weighted by Crippen LogP contribution is -2.01. The van der Waals surface area contributed by atoms with E-state index in [9.17, 15) is 4.79 Å². The van der Waals surface area contributed by atoms with E-state index in [0.29, 0.717) is 12.3 Å². The second-order valence-corrected chi connectivity index (χ2v) is 5.44. The van der Waals surface area contributed by atoms with Crippen molar-refractivity contribution in [3.05, 3.63) is 29.8 Å². The van der Waals surface area contributed by atoms with E-state index >= 15 is 0 Å². The number of benzene rings is 1. The van der Waals surface area contributed by atoms with E-state index in [4.69, 9.17) is 4.74 Å². The van der Waals surface area contributed by atoms with Crippen molar-refractivity contribution in [3.8, 4) is 5.75 Å². The molecule has 2 nitrogen and oxygen atoms in total. The van der Waals surface area contributed by atoms with E-state index in [2.05, 4.69) is 20.8 Å². The molecule has 0 N–H and O–H groups in total. The second-order valence-electron chi connectivity index (χ2n) is 5.44. The molecule has 0 atom stereocenters. The van der Waals surface area contributed by atoms with Crippen LogP contribution < -0.4 is 4.74 Å². The maximum atomic E-state index is 12.0. The first-order valence-corrected chi connectivity index (χ1v) is 7.39. The van der Waals surface area contributed by atoms with Crippen molar-refractivity contribution in [3.63, 3.8) is 0 Å². The molecule has 0 aliphatic heterocycles. The number of carbonyl (C=O) groups excluding carboxylic acids is 1. The van der Waals surface area contributed by atoms with Gasteiger partial charge >= 0.3 is 0 Å². The molecule has 0 amide bonds. The first-order chi connectivity index (χ1) is 9.13. The quantitative estimate of drug-likeness (QED) is 0.468. The first kappa shape index (κ1) is 15.7. The van der Waals surface area contributed by atoms with Crippen molar-refractivity contribution < 1.29 is 9.53 Å². The Bertz CT molecular complexity index is 365. The number of carbonyl (C=O) groups is 1. The van der Waals surface area contributed by atoms with Crippen molar-refractivity contribution in [2.75, 3.05) is 6.61 Å². The minimum Gasteiger partial charge on any atom is -0.494 e. The molecule has 0 fully saturated rings. The van der Waals surface area contributed by atoms with Crippen LogP contribution in [0.2, 0.25) is 0 Å². The average molecular weight is 262 g/mol. The Balaban J connectivity index is 2.39. The lowest BCUT2D eigenvalue weighted by Gasteiger charge is -2.07. The minimum absolute atomic E-state index is 0.237. The summed E-state index contributed by atoms with van der Waals surface area (Å²) in [6.07, 6.45) is 4.94. The highest BCUT2D eigenvalue weighted by Crippen LogP contribution is 2.15. The summed E-state index contributed by atoms with van der Waals surface area (Å²) in [6, 6.07) is 7.54. The summed E-state index contributed by atoms with van der Waals surface area (Å²) < 4.78 is 5.58. The number of ketones is 1. The maximum Gasteiger partial charge on any atom is 0.162 e. The van der Waals surface area contributed by atoms with Crippen LogP contribution in [0, 0.1) is 5.92 Å². The molecule has 0 aliphatic rings. The molecule has 0 heterocycles. The third kappa shape index (κ3) is 6.42. The van der Waals surface area contributed by atoms with Crippen LogP contribution in [0.4, 0.5) is 0 Å². The number of rotatable bonds is 9. The van der Waals surface area contributed by atoms with Gasteiger partial charge in [-0.15, -0.1) is 0 Å². The second kappa shape index (κ2) is 8.73. The fourth-order valence-electron chi connectivity index (χ4n) is 1.89. The Hall–Kier alpha value is -1.31.